The van der Waals surface area contributed by atoms with Crippen LogP contribution in [0.25, 0.3) is 0 Å². The van der Waals surface area contributed by atoms with Gasteiger partial charge in [-0.25, -0.2) is 4.79 Å². The number of esters is 1. The maximum Gasteiger partial charge on any atom is 0.339 e. The highest BCUT2D eigenvalue weighted by molar-refractivity contribution is 9.10. The van der Waals surface area contributed by atoms with Gasteiger partial charge in [-0.2, -0.15) is 8.42 Å². The van der Waals surface area contributed by atoms with Crippen LogP contribution in [0, 0.1) is 0 Å². The Labute approximate surface area is 149 Å². The molecule has 2 aromatic rings. The zero-order chi connectivity index (χ0) is 17.6. The highest BCUT2D eigenvalue weighted by atomic mass is 79.9. The summed E-state index contributed by atoms with van der Waals surface area (Å²) in [5, 5.41) is 0. The van der Waals surface area contributed by atoms with Crippen LogP contribution in [0.4, 0.5) is 0 Å². The van der Waals surface area contributed by atoms with E-state index in [0.29, 0.717) is 12.2 Å². The molecular formula is C17H17BrO5S. The van der Waals surface area contributed by atoms with Crippen LogP contribution in [-0.2, 0) is 14.9 Å². The largest absolute Gasteiger partial charge is 0.462 e. The van der Waals surface area contributed by atoms with Crippen molar-refractivity contribution in [3.05, 3.63) is 58.6 Å². The van der Waals surface area contributed by atoms with Crippen LogP contribution >= 0.6 is 15.9 Å². The molecule has 128 valence electrons. The number of ether oxygens (including phenoxy) is 1. The number of carbonyl (C=O) groups excluding carboxylic acids is 1. The molecule has 24 heavy (non-hydrogen) atoms. The standard InChI is InChI=1S/C17H17BrO5S/c1-2-3-12-22-17(19)13-4-8-15(9-5-13)23-24(20,21)16-10-6-14(18)7-11-16/h4-11H,2-3,12H2,1H3. The van der Waals surface area contributed by atoms with Crippen LogP contribution in [0.1, 0.15) is 30.1 Å². The molecule has 2 aromatic carbocycles. The second kappa shape index (κ2) is 8.30. The van der Waals surface area contributed by atoms with Gasteiger partial charge in [0.1, 0.15) is 10.6 Å². The molecular weight excluding hydrogens is 396 g/mol. The van der Waals surface area contributed by atoms with Crippen molar-refractivity contribution in [3.63, 3.8) is 0 Å². The monoisotopic (exact) mass is 412 g/mol. The second-order valence-corrected chi connectivity index (χ2v) is 7.47. The van der Waals surface area contributed by atoms with E-state index < -0.39 is 16.1 Å². The van der Waals surface area contributed by atoms with Crippen LogP contribution < -0.4 is 4.18 Å². The fourth-order valence-electron chi connectivity index (χ4n) is 1.82. The van der Waals surface area contributed by atoms with Crippen LogP contribution in [0.3, 0.4) is 0 Å². The Balaban J connectivity index is 2.05. The normalized spacial score (nSPS) is 11.1. The molecule has 0 unspecified atom stereocenters. The summed E-state index contributed by atoms with van der Waals surface area (Å²) in [7, 11) is -3.92. The van der Waals surface area contributed by atoms with Crippen molar-refractivity contribution in [2.24, 2.45) is 0 Å². The van der Waals surface area contributed by atoms with E-state index in [0.717, 1.165) is 17.3 Å². The third kappa shape index (κ3) is 5.07. The minimum atomic E-state index is -3.92. The third-order valence-corrected chi connectivity index (χ3v) is 4.92. The number of rotatable bonds is 7. The highest BCUT2D eigenvalue weighted by Crippen LogP contribution is 2.21. The topological polar surface area (TPSA) is 69.7 Å². The lowest BCUT2D eigenvalue weighted by Gasteiger charge is -2.08. The minimum Gasteiger partial charge on any atom is -0.462 e. The van der Waals surface area contributed by atoms with Gasteiger partial charge < -0.3 is 8.92 Å². The summed E-state index contributed by atoms with van der Waals surface area (Å²) in [6.07, 6.45) is 1.74. The number of benzene rings is 2. The van der Waals surface area contributed by atoms with Crippen molar-refractivity contribution < 1.29 is 22.1 Å². The van der Waals surface area contributed by atoms with Gasteiger partial charge in [-0.3, -0.25) is 0 Å². The van der Waals surface area contributed by atoms with Crippen molar-refractivity contribution >= 4 is 32.0 Å². The Morgan fingerprint density at radius 2 is 1.67 bits per heavy atom. The van der Waals surface area contributed by atoms with Crippen molar-refractivity contribution in [1.82, 2.24) is 0 Å². The zero-order valence-corrected chi connectivity index (χ0v) is 15.5. The van der Waals surface area contributed by atoms with Gasteiger partial charge in [0.25, 0.3) is 0 Å². The molecule has 5 nitrogen and oxygen atoms in total. The average Bonchev–Trinajstić information content (AvgIpc) is 2.55. The molecule has 0 amide bonds. The highest BCUT2D eigenvalue weighted by Gasteiger charge is 2.17. The summed E-state index contributed by atoms with van der Waals surface area (Å²) in [5.41, 5.74) is 0.347. The van der Waals surface area contributed by atoms with E-state index in [4.69, 9.17) is 8.92 Å². The average molecular weight is 413 g/mol. The summed E-state index contributed by atoms with van der Waals surface area (Å²) >= 11 is 3.24. The van der Waals surface area contributed by atoms with Crippen molar-refractivity contribution in [2.45, 2.75) is 24.7 Å². The van der Waals surface area contributed by atoms with E-state index in [-0.39, 0.29) is 10.6 Å². The predicted molar refractivity (Wildman–Crippen MR) is 93.6 cm³/mol. The first-order chi connectivity index (χ1) is 11.4. The van der Waals surface area contributed by atoms with Gasteiger partial charge in [-0.1, -0.05) is 29.3 Å². The number of carbonyl (C=O) groups is 1. The van der Waals surface area contributed by atoms with Gasteiger partial charge in [-0.05, 0) is 55.0 Å². The molecule has 0 atom stereocenters. The SMILES string of the molecule is CCCCOC(=O)c1ccc(OS(=O)(=O)c2ccc(Br)cc2)cc1. The maximum absolute atomic E-state index is 12.2. The molecule has 0 fully saturated rings. The predicted octanol–water partition coefficient (Wildman–Crippen LogP) is 4.17. The summed E-state index contributed by atoms with van der Waals surface area (Å²) in [6.45, 7) is 2.37. The van der Waals surface area contributed by atoms with E-state index in [9.17, 15) is 13.2 Å². The lowest BCUT2D eigenvalue weighted by atomic mass is 10.2. The fraction of sp³-hybridized carbons (Fsp3) is 0.235. The molecule has 2 rings (SSSR count). The van der Waals surface area contributed by atoms with E-state index in [2.05, 4.69) is 15.9 Å². The maximum atomic E-state index is 12.2. The fourth-order valence-corrected chi connectivity index (χ4v) is 3.01. The van der Waals surface area contributed by atoms with Gasteiger partial charge >= 0.3 is 16.1 Å². The Morgan fingerprint density at radius 1 is 1.04 bits per heavy atom. The lowest BCUT2D eigenvalue weighted by molar-refractivity contribution is 0.0499. The third-order valence-electron chi connectivity index (χ3n) is 3.13. The molecule has 0 saturated heterocycles. The van der Waals surface area contributed by atoms with Crippen LogP contribution in [0.15, 0.2) is 57.9 Å². The summed E-state index contributed by atoms with van der Waals surface area (Å²) in [5.74, 6) is -0.311. The Morgan fingerprint density at radius 3 is 2.25 bits per heavy atom. The van der Waals surface area contributed by atoms with Gasteiger partial charge in [0.05, 0.1) is 12.2 Å². The second-order valence-electron chi connectivity index (χ2n) is 5.01. The first-order valence-electron chi connectivity index (χ1n) is 7.39. The first kappa shape index (κ1) is 18.5. The van der Waals surface area contributed by atoms with Crippen LogP contribution in [-0.4, -0.2) is 21.0 Å². The minimum absolute atomic E-state index is 0.0498. The number of hydrogen-bond acceptors (Lipinski definition) is 5. The number of halogens is 1. The van der Waals surface area contributed by atoms with E-state index in [1.165, 1.54) is 36.4 Å². The molecule has 0 aliphatic carbocycles. The van der Waals surface area contributed by atoms with Crippen molar-refractivity contribution in [2.75, 3.05) is 6.61 Å². The van der Waals surface area contributed by atoms with Crippen molar-refractivity contribution in [3.8, 4) is 5.75 Å². The molecule has 7 heteroatoms. The van der Waals surface area contributed by atoms with E-state index in [1.54, 1.807) is 12.1 Å². The molecule has 0 heterocycles. The smallest absolute Gasteiger partial charge is 0.339 e. The van der Waals surface area contributed by atoms with Crippen molar-refractivity contribution in [1.29, 1.82) is 0 Å². The van der Waals surface area contributed by atoms with Gasteiger partial charge in [-0.15, -0.1) is 0 Å². The molecule has 0 aliphatic rings. The zero-order valence-electron chi connectivity index (χ0n) is 13.1. The van der Waals surface area contributed by atoms with Gasteiger partial charge in [0.15, 0.2) is 0 Å². The Kier molecular flexibility index (Phi) is 6.39. The van der Waals surface area contributed by atoms with E-state index >= 15 is 0 Å². The molecule has 0 aromatic heterocycles. The molecule has 0 aliphatic heterocycles. The number of unbranched alkanes of at least 4 members (excludes halogenated alkanes) is 1. The molecule has 0 saturated carbocycles. The van der Waals surface area contributed by atoms with Crippen LogP contribution in [0.5, 0.6) is 5.75 Å². The summed E-state index contributed by atoms with van der Waals surface area (Å²) < 4.78 is 35.3. The van der Waals surface area contributed by atoms with Crippen LogP contribution in [0.2, 0.25) is 0 Å². The van der Waals surface area contributed by atoms with Gasteiger partial charge in [0, 0.05) is 4.47 Å². The Bertz CT molecular complexity index is 783. The summed E-state index contributed by atoms with van der Waals surface area (Å²) in [4.78, 5) is 11.8. The lowest BCUT2D eigenvalue weighted by Crippen LogP contribution is -2.10. The molecule has 0 radical (unpaired) electrons. The van der Waals surface area contributed by atoms with E-state index in [1.807, 2.05) is 6.92 Å². The first-order valence-corrected chi connectivity index (χ1v) is 9.60. The summed E-state index contributed by atoms with van der Waals surface area (Å²) in [6, 6.07) is 11.9. The van der Waals surface area contributed by atoms with Gasteiger partial charge in [0.2, 0.25) is 0 Å². The number of hydrogen-bond donors (Lipinski definition) is 0. The Hall–Kier alpha value is -1.86. The quantitative estimate of drug-likeness (QED) is 0.387. The molecule has 0 N–H and O–H groups in total. The molecule has 0 spiro atoms. The molecule has 0 bridgehead atoms.